The number of hydrogen-bond donors (Lipinski definition) is 1. The van der Waals surface area contributed by atoms with Crippen molar-refractivity contribution in [1.82, 2.24) is 9.29 Å². The Morgan fingerprint density at radius 3 is 2.80 bits per heavy atom. The van der Waals surface area contributed by atoms with Gasteiger partial charge in [0.05, 0.1) is 15.1 Å². The lowest BCUT2D eigenvalue weighted by molar-refractivity contribution is 0.581. The molecule has 108 valence electrons. The molecule has 1 aliphatic carbocycles. The van der Waals surface area contributed by atoms with Crippen molar-refractivity contribution in [3.05, 3.63) is 27.9 Å². The highest BCUT2D eigenvalue weighted by molar-refractivity contribution is 7.89. The van der Waals surface area contributed by atoms with E-state index in [0.717, 1.165) is 40.8 Å². The zero-order valence-corrected chi connectivity index (χ0v) is 12.8. The van der Waals surface area contributed by atoms with Gasteiger partial charge in [-0.3, -0.25) is 9.36 Å². The van der Waals surface area contributed by atoms with Gasteiger partial charge in [0, 0.05) is 12.6 Å². The number of benzene rings is 1. The zero-order chi connectivity index (χ0) is 14.3. The molecule has 1 fully saturated rings. The average molecular weight is 312 g/mol. The molecule has 0 aliphatic heterocycles. The molecule has 1 aliphatic rings. The van der Waals surface area contributed by atoms with E-state index in [0.29, 0.717) is 6.54 Å². The van der Waals surface area contributed by atoms with Crippen molar-refractivity contribution in [2.45, 2.75) is 43.7 Å². The molecule has 1 N–H and O–H groups in total. The Balaban J connectivity index is 2.05. The molecule has 0 saturated heterocycles. The van der Waals surface area contributed by atoms with Crippen LogP contribution in [0.5, 0.6) is 0 Å². The minimum absolute atomic E-state index is 0.0356. The van der Waals surface area contributed by atoms with Crippen LogP contribution in [0.3, 0.4) is 0 Å². The van der Waals surface area contributed by atoms with Gasteiger partial charge in [-0.15, -0.1) is 0 Å². The molecule has 1 saturated carbocycles. The molecule has 1 aromatic heterocycles. The van der Waals surface area contributed by atoms with Crippen LogP contribution >= 0.6 is 11.3 Å². The Labute approximate surface area is 121 Å². The number of nitrogens with zero attached hydrogens (tertiary/aromatic N) is 1. The normalized spacial score (nSPS) is 15.8. The van der Waals surface area contributed by atoms with Crippen LogP contribution in [0, 0.1) is 0 Å². The SMILES string of the molecule is CCCn1c(=O)sc2cc(S(=O)(=O)NC3CC3)ccc21. The predicted molar refractivity (Wildman–Crippen MR) is 79.7 cm³/mol. The van der Waals surface area contributed by atoms with Crippen LogP contribution < -0.4 is 9.60 Å². The van der Waals surface area contributed by atoms with Crippen LogP contribution in [0.1, 0.15) is 26.2 Å². The van der Waals surface area contributed by atoms with Crippen molar-refractivity contribution in [3.8, 4) is 0 Å². The fourth-order valence-corrected chi connectivity index (χ4v) is 4.50. The van der Waals surface area contributed by atoms with E-state index in [-0.39, 0.29) is 15.8 Å². The quantitative estimate of drug-likeness (QED) is 0.917. The van der Waals surface area contributed by atoms with Gasteiger partial charge in [-0.05, 0) is 37.5 Å². The standard InChI is InChI=1S/C13H16N2O3S2/c1-2-7-15-11-6-5-10(8-12(11)19-13(15)16)20(17,18)14-9-3-4-9/h5-6,8-9,14H,2-4,7H2,1H3. The Kier molecular flexibility index (Phi) is 3.43. The molecule has 0 unspecified atom stereocenters. The number of fused-ring (bicyclic) bond motifs is 1. The topological polar surface area (TPSA) is 68.2 Å². The smallest absolute Gasteiger partial charge is 0.299 e. The Hall–Kier alpha value is -1.18. The minimum atomic E-state index is -3.46. The first-order chi connectivity index (χ1) is 9.51. The third kappa shape index (κ3) is 2.53. The number of hydrogen-bond acceptors (Lipinski definition) is 4. The van der Waals surface area contributed by atoms with Gasteiger partial charge in [-0.1, -0.05) is 18.3 Å². The first-order valence-corrected chi connectivity index (χ1v) is 8.97. The molecule has 0 atom stereocenters. The van der Waals surface area contributed by atoms with Gasteiger partial charge in [0.2, 0.25) is 10.0 Å². The summed E-state index contributed by atoms with van der Waals surface area (Å²) in [7, 11) is -3.46. The molecule has 0 radical (unpaired) electrons. The van der Waals surface area contributed by atoms with Crippen LogP contribution in [-0.4, -0.2) is 19.0 Å². The second-order valence-electron chi connectivity index (χ2n) is 5.04. The van der Waals surface area contributed by atoms with Crippen LogP contribution in [0.2, 0.25) is 0 Å². The van der Waals surface area contributed by atoms with Crippen LogP contribution in [-0.2, 0) is 16.6 Å². The Morgan fingerprint density at radius 1 is 1.40 bits per heavy atom. The number of aromatic nitrogens is 1. The molecule has 20 heavy (non-hydrogen) atoms. The Bertz CT molecular complexity index is 801. The first-order valence-electron chi connectivity index (χ1n) is 6.67. The molecule has 3 rings (SSSR count). The van der Waals surface area contributed by atoms with Crippen molar-refractivity contribution in [1.29, 1.82) is 0 Å². The third-order valence-corrected chi connectivity index (χ3v) is 5.76. The molecule has 2 aromatic rings. The number of sulfonamides is 1. The van der Waals surface area contributed by atoms with E-state index in [1.165, 1.54) is 0 Å². The largest absolute Gasteiger partial charge is 0.308 e. The first kappa shape index (κ1) is 13.8. The highest BCUT2D eigenvalue weighted by Crippen LogP contribution is 2.25. The van der Waals surface area contributed by atoms with E-state index in [1.807, 2.05) is 6.92 Å². The maximum Gasteiger partial charge on any atom is 0.308 e. The van der Waals surface area contributed by atoms with Crippen LogP contribution in [0.4, 0.5) is 0 Å². The number of thiazole rings is 1. The fourth-order valence-electron chi connectivity index (χ4n) is 2.14. The lowest BCUT2D eigenvalue weighted by Crippen LogP contribution is -2.25. The molecule has 0 spiro atoms. The van der Waals surface area contributed by atoms with E-state index >= 15 is 0 Å². The predicted octanol–water partition coefficient (Wildman–Crippen LogP) is 1.91. The molecule has 7 heteroatoms. The van der Waals surface area contributed by atoms with Crippen molar-refractivity contribution in [2.75, 3.05) is 0 Å². The molecular weight excluding hydrogens is 296 g/mol. The summed E-state index contributed by atoms with van der Waals surface area (Å²) in [6.07, 6.45) is 2.68. The minimum Gasteiger partial charge on any atom is -0.299 e. The summed E-state index contributed by atoms with van der Waals surface area (Å²) in [6, 6.07) is 4.98. The molecule has 0 amide bonds. The highest BCUT2D eigenvalue weighted by atomic mass is 32.2. The molecule has 5 nitrogen and oxygen atoms in total. The summed E-state index contributed by atoms with van der Waals surface area (Å²) in [4.78, 5) is 12.1. The lowest BCUT2D eigenvalue weighted by Gasteiger charge is -2.06. The van der Waals surface area contributed by atoms with Crippen LogP contribution in [0.25, 0.3) is 10.2 Å². The average Bonchev–Trinajstić information content (AvgIpc) is 3.13. The number of aryl methyl sites for hydroxylation is 1. The van der Waals surface area contributed by atoms with Gasteiger partial charge < -0.3 is 0 Å². The van der Waals surface area contributed by atoms with Crippen molar-refractivity contribution >= 4 is 31.6 Å². The van der Waals surface area contributed by atoms with E-state index < -0.39 is 10.0 Å². The van der Waals surface area contributed by atoms with E-state index in [9.17, 15) is 13.2 Å². The summed E-state index contributed by atoms with van der Waals surface area (Å²) in [5, 5.41) is 0. The molecule has 1 heterocycles. The summed E-state index contributed by atoms with van der Waals surface area (Å²) in [5.74, 6) is 0. The van der Waals surface area contributed by atoms with Crippen LogP contribution in [0.15, 0.2) is 27.9 Å². The summed E-state index contributed by atoms with van der Waals surface area (Å²) in [6.45, 7) is 2.67. The van der Waals surface area contributed by atoms with Gasteiger partial charge in [0.1, 0.15) is 0 Å². The highest BCUT2D eigenvalue weighted by Gasteiger charge is 2.28. The number of nitrogens with one attached hydrogen (secondary N) is 1. The molecule has 1 aromatic carbocycles. The lowest BCUT2D eigenvalue weighted by atomic mass is 10.3. The van der Waals surface area contributed by atoms with E-state index in [4.69, 9.17) is 0 Å². The monoisotopic (exact) mass is 312 g/mol. The third-order valence-electron chi connectivity index (χ3n) is 3.30. The van der Waals surface area contributed by atoms with Crippen molar-refractivity contribution < 1.29 is 8.42 Å². The van der Waals surface area contributed by atoms with E-state index in [2.05, 4.69) is 4.72 Å². The maximum atomic E-state index is 12.2. The summed E-state index contributed by atoms with van der Waals surface area (Å²) in [5.41, 5.74) is 0.812. The van der Waals surface area contributed by atoms with Gasteiger partial charge in [-0.25, -0.2) is 13.1 Å². The second kappa shape index (κ2) is 4.98. The van der Waals surface area contributed by atoms with Crippen molar-refractivity contribution in [3.63, 3.8) is 0 Å². The number of rotatable bonds is 5. The molecular formula is C13H16N2O3S2. The van der Waals surface area contributed by atoms with Gasteiger partial charge in [0.15, 0.2) is 0 Å². The zero-order valence-electron chi connectivity index (χ0n) is 11.1. The fraction of sp³-hybridized carbons (Fsp3) is 0.462. The van der Waals surface area contributed by atoms with E-state index in [1.54, 1.807) is 22.8 Å². The summed E-state index contributed by atoms with van der Waals surface area (Å²) < 4.78 is 29.4. The summed E-state index contributed by atoms with van der Waals surface area (Å²) >= 11 is 1.10. The second-order valence-corrected chi connectivity index (χ2v) is 7.75. The van der Waals surface area contributed by atoms with Gasteiger partial charge >= 0.3 is 4.87 Å². The van der Waals surface area contributed by atoms with Gasteiger partial charge in [-0.2, -0.15) is 0 Å². The molecule has 0 bridgehead atoms. The van der Waals surface area contributed by atoms with Crippen molar-refractivity contribution in [2.24, 2.45) is 0 Å². The van der Waals surface area contributed by atoms with Gasteiger partial charge in [0.25, 0.3) is 0 Å². The Morgan fingerprint density at radius 2 is 2.15 bits per heavy atom. The maximum absolute atomic E-state index is 12.2.